The summed E-state index contributed by atoms with van der Waals surface area (Å²) in [5, 5.41) is 9.75. The van der Waals surface area contributed by atoms with Gasteiger partial charge in [0.05, 0.1) is 16.5 Å². The van der Waals surface area contributed by atoms with Crippen LogP contribution in [0.1, 0.15) is 13.3 Å². The molecular formula is C8H10BrNO3S. The SMILES string of the molecule is C[C@@]1(CBr)S[C@@H]2CC(=O)N2[C@H]1C(=O)O. The lowest BCUT2D eigenvalue weighted by atomic mass is 9.98. The maximum Gasteiger partial charge on any atom is 0.327 e. The average Bonchev–Trinajstić information content (AvgIpc) is 2.35. The van der Waals surface area contributed by atoms with E-state index in [0.29, 0.717) is 11.8 Å². The molecule has 1 amide bonds. The zero-order valence-electron chi connectivity index (χ0n) is 7.57. The maximum absolute atomic E-state index is 11.3. The number of carbonyl (C=O) groups excluding carboxylic acids is 1. The molecule has 0 aromatic heterocycles. The van der Waals surface area contributed by atoms with Gasteiger partial charge < -0.3 is 10.0 Å². The number of nitrogens with zero attached hydrogens (tertiary/aromatic N) is 1. The van der Waals surface area contributed by atoms with Gasteiger partial charge in [0.25, 0.3) is 0 Å². The molecule has 2 aliphatic rings. The number of halogens is 1. The Kier molecular flexibility index (Phi) is 2.30. The van der Waals surface area contributed by atoms with Gasteiger partial charge in [-0.05, 0) is 6.92 Å². The number of rotatable bonds is 2. The number of aliphatic carboxylic acids is 1. The molecule has 0 saturated carbocycles. The van der Waals surface area contributed by atoms with Crippen LogP contribution >= 0.6 is 27.7 Å². The average molecular weight is 280 g/mol. The molecule has 0 aromatic carbocycles. The Morgan fingerprint density at radius 2 is 2.50 bits per heavy atom. The summed E-state index contributed by atoms with van der Waals surface area (Å²) in [6.45, 7) is 1.89. The first-order chi connectivity index (χ1) is 6.49. The molecule has 0 radical (unpaired) electrons. The summed E-state index contributed by atoms with van der Waals surface area (Å²) < 4.78 is -0.400. The van der Waals surface area contributed by atoms with Crippen molar-refractivity contribution in [3.05, 3.63) is 0 Å². The lowest BCUT2D eigenvalue weighted by molar-refractivity contribution is -0.157. The van der Waals surface area contributed by atoms with E-state index in [1.54, 1.807) is 11.8 Å². The highest BCUT2D eigenvalue weighted by Gasteiger charge is 2.60. The predicted octanol–water partition coefficient (Wildman–Crippen LogP) is 0.898. The molecule has 4 nitrogen and oxygen atoms in total. The summed E-state index contributed by atoms with van der Waals surface area (Å²) in [5.41, 5.74) is 0. The van der Waals surface area contributed by atoms with Crippen LogP contribution in [-0.4, -0.2) is 43.4 Å². The van der Waals surface area contributed by atoms with Crippen LogP contribution in [0.5, 0.6) is 0 Å². The number of hydrogen-bond donors (Lipinski definition) is 1. The van der Waals surface area contributed by atoms with Crippen molar-refractivity contribution in [2.45, 2.75) is 29.5 Å². The highest BCUT2D eigenvalue weighted by molar-refractivity contribution is 9.09. The Bertz CT molecular complexity index is 311. The fourth-order valence-corrected chi connectivity index (χ4v) is 4.27. The van der Waals surface area contributed by atoms with E-state index in [-0.39, 0.29) is 11.3 Å². The Morgan fingerprint density at radius 3 is 2.93 bits per heavy atom. The van der Waals surface area contributed by atoms with Crippen molar-refractivity contribution >= 4 is 39.6 Å². The van der Waals surface area contributed by atoms with Crippen LogP contribution in [0.4, 0.5) is 0 Å². The third-order valence-corrected chi connectivity index (χ3v) is 5.82. The van der Waals surface area contributed by atoms with Gasteiger partial charge >= 0.3 is 5.97 Å². The van der Waals surface area contributed by atoms with Crippen LogP contribution in [0.25, 0.3) is 0 Å². The standard InChI is InChI=1S/C8H10BrNO3S/c1-8(3-9)6(7(12)13)10-4(11)2-5(10)14-8/h5-6H,2-3H2,1H3,(H,12,13)/t5-,6+,8+/m1/s1. The molecule has 0 aliphatic carbocycles. The van der Waals surface area contributed by atoms with Crippen LogP contribution < -0.4 is 0 Å². The van der Waals surface area contributed by atoms with Gasteiger partial charge in [-0.2, -0.15) is 0 Å². The Morgan fingerprint density at radius 1 is 1.86 bits per heavy atom. The molecule has 14 heavy (non-hydrogen) atoms. The van der Waals surface area contributed by atoms with E-state index in [4.69, 9.17) is 5.11 Å². The van der Waals surface area contributed by atoms with Crippen molar-refractivity contribution in [3.8, 4) is 0 Å². The lowest BCUT2D eigenvalue weighted by Crippen LogP contribution is -2.57. The van der Waals surface area contributed by atoms with Crippen LogP contribution in [0.15, 0.2) is 0 Å². The van der Waals surface area contributed by atoms with E-state index in [9.17, 15) is 9.59 Å². The minimum atomic E-state index is -0.907. The number of fused-ring (bicyclic) bond motifs is 1. The van der Waals surface area contributed by atoms with E-state index in [2.05, 4.69) is 15.9 Å². The summed E-state index contributed by atoms with van der Waals surface area (Å²) in [6.07, 6.45) is 0.483. The number of carbonyl (C=O) groups is 2. The van der Waals surface area contributed by atoms with Crippen LogP contribution in [0.3, 0.4) is 0 Å². The van der Waals surface area contributed by atoms with Crippen molar-refractivity contribution < 1.29 is 14.7 Å². The second-order valence-electron chi connectivity index (χ2n) is 3.76. The largest absolute Gasteiger partial charge is 0.480 e. The molecule has 0 unspecified atom stereocenters. The molecule has 2 rings (SSSR count). The van der Waals surface area contributed by atoms with Crippen molar-refractivity contribution in [3.63, 3.8) is 0 Å². The smallest absolute Gasteiger partial charge is 0.327 e. The fourth-order valence-electron chi connectivity index (χ4n) is 1.96. The second-order valence-corrected chi connectivity index (χ2v) is 6.04. The number of amides is 1. The first-order valence-electron chi connectivity index (χ1n) is 4.27. The van der Waals surface area contributed by atoms with Crippen molar-refractivity contribution in [2.75, 3.05) is 5.33 Å². The summed E-state index contributed by atoms with van der Waals surface area (Å²) in [5.74, 6) is -0.949. The van der Waals surface area contributed by atoms with Crippen LogP contribution in [-0.2, 0) is 9.59 Å². The van der Waals surface area contributed by atoms with Crippen molar-refractivity contribution in [2.24, 2.45) is 0 Å². The van der Waals surface area contributed by atoms with Crippen molar-refractivity contribution in [1.82, 2.24) is 4.90 Å². The highest BCUT2D eigenvalue weighted by atomic mass is 79.9. The molecule has 0 aromatic rings. The highest BCUT2D eigenvalue weighted by Crippen LogP contribution is 2.51. The molecule has 6 heteroatoms. The zero-order valence-corrected chi connectivity index (χ0v) is 9.97. The van der Waals surface area contributed by atoms with Gasteiger partial charge in [0, 0.05) is 5.33 Å². The Labute approximate surface area is 94.1 Å². The second kappa shape index (κ2) is 3.13. The van der Waals surface area contributed by atoms with E-state index < -0.39 is 16.8 Å². The van der Waals surface area contributed by atoms with Gasteiger partial charge in [0.15, 0.2) is 0 Å². The van der Waals surface area contributed by atoms with E-state index >= 15 is 0 Å². The molecule has 3 atom stereocenters. The first-order valence-corrected chi connectivity index (χ1v) is 6.27. The third-order valence-electron chi connectivity index (χ3n) is 2.71. The minimum Gasteiger partial charge on any atom is -0.480 e. The third kappa shape index (κ3) is 1.20. The van der Waals surface area contributed by atoms with E-state index in [1.165, 1.54) is 4.90 Å². The molecule has 0 bridgehead atoms. The molecule has 0 spiro atoms. The zero-order chi connectivity index (χ0) is 10.5. The van der Waals surface area contributed by atoms with E-state index in [1.807, 2.05) is 6.92 Å². The van der Waals surface area contributed by atoms with Gasteiger partial charge in [-0.25, -0.2) is 4.79 Å². The monoisotopic (exact) mass is 279 g/mol. The van der Waals surface area contributed by atoms with Gasteiger partial charge in [0.2, 0.25) is 5.91 Å². The van der Waals surface area contributed by atoms with Crippen LogP contribution in [0, 0.1) is 0 Å². The minimum absolute atomic E-state index is 0.0421. The van der Waals surface area contributed by atoms with Gasteiger partial charge in [-0.1, -0.05) is 15.9 Å². The predicted molar refractivity (Wildman–Crippen MR) is 56.5 cm³/mol. The number of β-lactam (4-membered cyclic amide) rings is 1. The lowest BCUT2D eigenvalue weighted by Gasteiger charge is -2.36. The fraction of sp³-hybridized carbons (Fsp3) is 0.750. The number of hydrogen-bond acceptors (Lipinski definition) is 3. The summed E-state index contributed by atoms with van der Waals surface area (Å²) in [7, 11) is 0. The molecular weight excluding hydrogens is 270 g/mol. The van der Waals surface area contributed by atoms with Gasteiger partial charge in [-0.15, -0.1) is 11.8 Å². The molecule has 2 saturated heterocycles. The van der Waals surface area contributed by atoms with Crippen LogP contribution in [0.2, 0.25) is 0 Å². The van der Waals surface area contributed by atoms with Gasteiger partial charge in [0.1, 0.15) is 6.04 Å². The molecule has 2 fully saturated rings. The normalized spacial score (nSPS) is 40.7. The number of carboxylic acids is 1. The number of thioether (sulfide) groups is 1. The summed E-state index contributed by atoms with van der Waals surface area (Å²) >= 11 is 4.90. The quantitative estimate of drug-likeness (QED) is 0.603. The van der Waals surface area contributed by atoms with Gasteiger partial charge in [-0.3, -0.25) is 4.79 Å². The van der Waals surface area contributed by atoms with E-state index in [0.717, 1.165) is 0 Å². The molecule has 2 aliphatic heterocycles. The maximum atomic E-state index is 11.3. The molecule has 78 valence electrons. The number of alkyl halides is 1. The first kappa shape index (κ1) is 10.3. The molecule has 1 N–H and O–H groups in total. The Hall–Kier alpha value is -0.230. The summed E-state index contributed by atoms with van der Waals surface area (Å²) in [6, 6.07) is -0.682. The molecule has 2 heterocycles. The summed E-state index contributed by atoms with van der Waals surface area (Å²) in [4.78, 5) is 23.8. The topological polar surface area (TPSA) is 57.6 Å². The van der Waals surface area contributed by atoms with Crippen molar-refractivity contribution in [1.29, 1.82) is 0 Å². The Balaban J connectivity index is 2.31. The number of carboxylic acid groups (broad SMARTS) is 1.